The van der Waals surface area contributed by atoms with Crippen molar-refractivity contribution < 1.29 is 9.53 Å². The van der Waals surface area contributed by atoms with Crippen molar-refractivity contribution in [3.8, 4) is 11.4 Å². The van der Waals surface area contributed by atoms with Crippen molar-refractivity contribution in [1.29, 1.82) is 0 Å². The Hall–Kier alpha value is -2.80. The summed E-state index contributed by atoms with van der Waals surface area (Å²) in [5.74, 6) is 1.50. The van der Waals surface area contributed by atoms with Gasteiger partial charge in [0.2, 0.25) is 5.91 Å². The van der Waals surface area contributed by atoms with E-state index in [1.54, 1.807) is 18.1 Å². The Morgan fingerprint density at radius 3 is 2.81 bits per heavy atom. The van der Waals surface area contributed by atoms with Gasteiger partial charge in [-0.1, -0.05) is 36.0 Å². The molecule has 0 aliphatic rings. The molecule has 0 atom stereocenters. The topological polar surface area (TPSA) is 69.0 Å². The SMILES string of the molecule is CC(=O)Nc1cccc(-n2cnnc2SCc2ccccc2OC(C)C)c1. The van der Waals surface area contributed by atoms with Gasteiger partial charge in [0.1, 0.15) is 12.1 Å². The maximum absolute atomic E-state index is 11.3. The number of carbonyl (C=O) groups is 1. The molecule has 1 amide bonds. The van der Waals surface area contributed by atoms with Gasteiger partial charge in [-0.3, -0.25) is 9.36 Å². The average molecular weight is 382 g/mol. The fourth-order valence-corrected chi connectivity index (χ4v) is 3.49. The summed E-state index contributed by atoms with van der Waals surface area (Å²) in [4.78, 5) is 11.3. The predicted molar refractivity (Wildman–Crippen MR) is 107 cm³/mol. The first-order valence-corrected chi connectivity index (χ1v) is 9.67. The van der Waals surface area contributed by atoms with Crippen molar-refractivity contribution in [1.82, 2.24) is 14.8 Å². The third-order valence-electron chi connectivity index (χ3n) is 3.65. The number of thioether (sulfide) groups is 1. The normalized spacial score (nSPS) is 10.8. The van der Waals surface area contributed by atoms with E-state index >= 15 is 0 Å². The average Bonchev–Trinajstić information content (AvgIpc) is 3.09. The molecule has 0 saturated heterocycles. The van der Waals surface area contributed by atoms with E-state index in [1.807, 2.05) is 60.9 Å². The van der Waals surface area contributed by atoms with E-state index in [1.165, 1.54) is 6.92 Å². The molecule has 0 aliphatic carbocycles. The van der Waals surface area contributed by atoms with E-state index in [9.17, 15) is 4.79 Å². The zero-order chi connectivity index (χ0) is 19.2. The summed E-state index contributed by atoms with van der Waals surface area (Å²) in [7, 11) is 0. The van der Waals surface area contributed by atoms with Crippen LogP contribution in [0.5, 0.6) is 5.75 Å². The first kappa shape index (κ1) is 19.0. The number of ether oxygens (including phenoxy) is 1. The van der Waals surface area contributed by atoms with Crippen molar-refractivity contribution in [2.45, 2.75) is 37.8 Å². The molecule has 0 aliphatic heterocycles. The number of nitrogens with one attached hydrogen (secondary N) is 1. The summed E-state index contributed by atoms with van der Waals surface area (Å²) in [6.45, 7) is 5.52. The monoisotopic (exact) mass is 382 g/mol. The Kier molecular flexibility index (Phi) is 6.13. The fraction of sp³-hybridized carbons (Fsp3) is 0.250. The first-order chi connectivity index (χ1) is 13.0. The largest absolute Gasteiger partial charge is 0.491 e. The highest BCUT2D eigenvalue weighted by Gasteiger charge is 2.11. The van der Waals surface area contributed by atoms with Gasteiger partial charge in [0.25, 0.3) is 0 Å². The second-order valence-electron chi connectivity index (χ2n) is 6.28. The fourth-order valence-electron chi connectivity index (χ4n) is 2.57. The molecule has 0 unspecified atom stereocenters. The molecule has 0 saturated carbocycles. The lowest BCUT2D eigenvalue weighted by molar-refractivity contribution is -0.114. The van der Waals surface area contributed by atoms with Crippen LogP contribution in [0.4, 0.5) is 5.69 Å². The molecule has 2 aromatic carbocycles. The molecular weight excluding hydrogens is 360 g/mol. The summed E-state index contributed by atoms with van der Waals surface area (Å²) in [6.07, 6.45) is 1.79. The highest BCUT2D eigenvalue weighted by molar-refractivity contribution is 7.98. The second kappa shape index (κ2) is 8.73. The minimum atomic E-state index is -0.104. The molecule has 0 radical (unpaired) electrons. The Morgan fingerprint density at radius 2 is 2.04 bits per heavy atom. The lowest BCUT2D eigenvalue weighted by atomic mass is 10.2. The van der Waals surface area contributed by atoms with Crippen molar-refractivity contribution in [2.75, 3.05) is 5.32 Å². The van der Waals surface area contributed by atoms with Gasteiger partial charge in [0, 0.05) is 23.9 Å². The number of amides is 1. The Labute approximate surface area is 163 Å². The molecule has 7 heteroatoms. The van der Waals surface area contributed by atoms with Gasteiger partial charge in [-0.2, -0.15) is 0 Å². The van der Waals surface area contributed by atoms with E-state index in [0.717, 1.165) is 27.8 Å². The number of anilines is 1. The van der Waals surface area contributed by atoms with Gasteiger partial charge in [-0.25, -0.2) is 0 Å². The Morgan fingerprint density at radius 1 is 1.22 bits per heavy atom. The molecule has 6 nitrogen and oxygen atoms in total. The summed E-state index contributed by atoms with van der Waals surface area (Å²) < 4.78 is 7.79. The lowest BCUT2D eigenvalue weighted by Gasteiger charge is -2.14. The number of carbonyl (C=O) groups excluding carboxylic acids is 1. The number of rotatable bonds is 7. The third-order valence-corrected chi connectivity index (χ3v) is 4.65. The van der Waals surface area contributed by atoms with Crippen LogP contribution in [0.25, 0.3) is 5.69 Å². The predicted octanol–water partition coefficient (Wildman–Crippen LogP) is 4.31. The van der Waals surface area contributed by atoms with Crippen LogP contribution in [-0.4, -0.2) is 26.8 Å². The second-order valence-corrected chi connectivity index (χ2v) is 7.22. The molecule has 0 spiro atoms. The summed E-state index contributed by atoms with van der Waals surface area (Å²) in [5.41, 5.74) is 2.73. The molecule has 0 bridgehead atoms. The van der Waals surface area contributed by atoms with Gasteiger partial charge in [-0.05, 0) is 38.1 Å². The van der Waals surface area contributed by atoms with Gasteiger partial charge in [0.15, 0.2) is 5.16 Å². The molecule has 1 N–H and O–H groups in total. The van der Waals surface area contributed by atoms with Crippen LogP contribution in [0.15, 0.2) is 60.0 Å². The van der Waals surface area contributed by atoms with Crippen LogP contribution in [-0.2, 0) is 10.5 Å². The van der Waals surface area contributed by atoms with E-state index in [2.05, 4.69) is 21.6 Å². The molecule has 1 aromatic heterocycles. The van der Waals surface area contributed by atoms with Crippen LogP contribution in [0.1, 0.15) is 26.3 Å². The standard InChI is InChI=1S/C20H22N4O2S/c1-14(2)26-19-10-5-4-7-16(19)12-27-20-23-21-13-24(20)18-9-6-8-17(11-18)22-15(3)25/h4-11,13-14H,12H2,1-3H3,(H,22,25). The Balaban J connectivity index is 1.78. The number of nitrogens with zero attached hydrogens (tertiary/aromatic N) is 3. The molecule has 140 valence electrons. The van der Waals surface area contributed by atoms with Gasteiger partial charge in [-0.15, -0.1) is 10.2 Å². The van der Waals surface area contributed by atoms with E-state index < -0.39 is 0 Å². The molecule has 0 fully saturated rings. The molecule has 3 rings (SSSR count). The van der Waals surface area contributed by atoms with Crippen molar-refractivity contribution >= 4 is 23.4 Å². The first-order valence-electron chi connectivity index (χ1n) is 8.68. The van der Waals surface area contributed by atoms with Crippen LogP contribution in [0, 0.1) is 0 Å². The maximum atomic E-state index is 11.3. The van der Waals surface area contributed by atoms with Crippen LogP contribution in [0.2, 0.25) is 0 Å². The highest BCUT2D eigenvalue weighted by Crippen LogP contribution is 2.29. The number of hydrogen-bond donors (Lipinski definition) is 1. The van der Waals surface area contributed by atoms with Crippen molar-refractivity contribution in [3.63, 3.8) is 0 Å². The quantitative estimate of drug-likeness (QED) is 0.617. The number of benzene rings is 2. The molecule has 1 heterocycles. The van der Waals surface area contributed by atoms with Gasteiger partial charge < -0.3 is 10.1 Å². The minimum Gasteiger partial charge on any atom is -0.491 e. The number of hydrogen-bond acceptors (Lipinski definition) is 5. The smallest absolute Gasteiger partial charge is 0.221 e. The molecule has 3 aromatic rings. The third kappa shape index (κ3) is 5.10. The van der Waals surface area contributed by atoms with Crippen molar-refractivity contribution in [2.24, 2.45) is 0 Å². The van der Waals surface area contributed by atoms with E-state index in [-0.39, 0.29) is 12.0 Å². The number of para-hydroxylation sites is 1. The number of aromatic nitrogens is 3. The molecule has 27 heavy (non-hydrogen) atoms. The van der Waals surface area contributed by atoms with Crippen molar-refractivity contribution in [3.05, 3.63) is 60.4 Å². The minimum absolute atomic E-state index is 0.104. The van der Waals surface area contributed by atoms with Crippen LogP contribution < -0.4 is 10.1 Å². The summed E-state index contributed by atoms with van der Waals surface area (Å²) in [6, 6.07) is 15.6. The summed E-state index contributed by atoms with van der Waals surface area (Å²) >= 11 is 1.58. The van der Waals surface area contributed by atoms with E-state index in [4.69, 9.17) is 4.74 Å². The van der Waals surface area contributed by atoms with E-state index in [0.29, 0.717) is 5.75 Å². The van der Waals surface area contributed by atoms with Crippen LogP contribution >= 0.6 is 11.8 Å². The molecular formula is C20H22N4O2S. The lowest BCUT2D eigenvalue weighted by Crippen LogP contribution is -2.07. The van der Waals surface area contributed by atoms with Crippen LogP contribution in [0.3, 0.4) is 0 Å². The summed E-state index contributed by atoms with van der Waals surface area (Å²) in [5, 5.41) is 11.8. The Bertz CT molecular complexity index is 924. The van der Waals surface area contributed by atoms with Gasteiger partial charge in [0.05, 0.1) is 11.8 Å². The zero-order valence-corrected chi connectivity index (χ0v) is 16.4. The van der Waals surface area contributed by atoms with Gasteiger partial charge >= 0.3 is 0 Å². The highest BCUT2D eigenvalue weighted by atomic mass is 32.2. The zero-order valence-electron chi connectivity index (χ0n) is 15.5. The maximum Gasteiger partial charge on any atom is 0.221 e.